The largest absolute Gasteiger partial charge is 0.493 e. The lowest BCUT2D eigenvalue weighted by Gasteiger charge is -2.10. The molecular formula is C10H11NO5. The molecule has 0 unspecified atom stereocenters. The zero-order chi connectivity index (χ0) is 11.5. The van der Waals surface area contributed by atoms with E-state index in [-0.39, 0.29) is 6.79 Å². The van der Waals surface area contributed by atoms with Gasteiger partial charge in [0.25, 0.3) is 0 Å². The summed E-state index contributed by atoms with van der Waals surface area (Å²) in [5.74, 6) is 1.90. The Morgan fingerprint density at radius 1 is 1.31 bits per heavy atom. The summed E-state index contributed by atoms with van der Waals surface area (Å²) in [6, 6.07) is 1.64. The third-order valence-electron chi connectivity index (χ3n) is 2.21. The van der Waals surface area contributed by atoms with Crippen LogP contribution in [0.3, 0.4) is 0 Å². The fourth-order valence-corrected chi connectivity index (χ4v) is 1.55. The Kier molecular flexibility index (Phi) is 2.72. The van der Waals surface area contributed by atoms with Crippen LogP contribution < -0.4 is 18.9 Å². The van der Waals surface area contributed by atoms with Gasteiger partial charge in [0.1, 0.15) is 0 Å². The third kappa shape index (κ3) is 1.48. The molecule has 0 aromatic heterocycles. The summed E-state index contributed by atoms with van der Waals surface area (Å²) in [6.07, 6.45) is 1.24. The van der Waals surface area contributed by atoms with Gasteiger partial charge in [0.05, 0.1) is 20.4 Å². The van der Waals surface area contributed by atoms with Crippen LogP contribution >= 0.6 is 0 Å². The minimum atomic E-state index is 0.113. The number of hydrogen-bond donors (Lipinski definition) is 1. The first-order chi connectivity index (χ1) is 7.81. The molecule has 0 atom stereocenters. The molecular weight excluding hydrogens is 214 g/mol. The molecule has 6 nitrogen and oxygen atoms in total. The Morgan fingerprint density at radius 3 is 2.69 bits per heavy atom. The second-order valence-corrected chi connectivity index (χ2v) is 3.01. The molecule has 1 aromatic carbocycles. The van der Waals surface area contributed by atoms with Gasteiger partial charge in [-0.2, -0.15) is 0 Å². The smallest absolute Gasteiger partial charge is 0.231 e. The van der Waals surface area contributed by atoms with Crippen LogP contribution in [-0.4, -0.2) is 32.4 Å². The van der Waals surface area contributed by atoms with Crippen molar-refractivity contribution in [2.75, 3.05) is 21.0 Å². The summed E-state index contributed by atoms with van der Waals surface area (Å²) >= 11 is 0. The topological polar surface area (TPSA) is 69.5 Å². The highest BCUT2D eigenvalue weighted by atomic mass is 16.7. The first-order valence-electron chi connectivity index (χ1n) is 4.53. The highest BCUT2D eigenvalue weighted by Crippen LogP contribution is 2.48. The molecule has 0 bridgehead atoms. The summed E-state index contributed by atoms with van der Waals surface area (Å²) in [6.45, 7) is 0.113. The fraction of sp³-hybridized carbons (Fsp3) is 0.300. The lowest BCUT2D eigenvalue weighted by molar-refractivity contribution is 0.168. The summed E-state index contributed by atoms with van der Waals surface area (Å²) in [5, 5.41) is 11.5. The molecule has 1 aliphatic heterocycles. The number of nitrogens with zero attached hydrogens (tertiary/aromatic N) is 1. The number of hydrogen-bond acceptors (Lipinski definition) is 6. The normalized spacial score (nSPS) is 13.1. The second kappa shape index (κ2) is 4.18. The van der Waals surface area contributed by atoms with Crippen LogP contribution in [0.15, 0.2) is 11.2 Å². The standard InChI is InChI=1S/C10H11NO5/c1-13-7-3-6(4-11-12)8(14-2)10-9(7)15-5-16-10/h3-4,12H,5H2,1-2H3. The van der Waals surface area contributed by atoms with E-state index in [9.17, 15) is 0 Å². The van der Waals surface area contributed by atoms with E-state index in [0.29, 0.717) is 28.6 Å². The van der Waals surface area contributed by atoms with Crippen LogP contribution in [0.2, 0.25) is 0 Å². The molecule has 6 heteroatoms. The van der Waals surface area contributed by atoms with Crippen molar-refractivity contribution in [1.82, 2.24) is 0 Å². The van der Waals surface area contributed by atoms with E-state index in [0.717, 1.165) is 0 Å². The predicted molar refractivity (Wildman–Crippen MR) is 55.0 cm³/mol. The van der Waals surface area contributed by atoms with Gasteiger partial charge in [0, 0.05) is 5.56 Å². The number of ether oxygens (including phenoxy) is 4. The quantitative estimate of drug-likeness (QED) is 0.476. The van der Waals surface area contributed by atoms with E-state index in [4.69, 9.17) is 24.2 Å². The summed E-state index contributed by atoms with van der Waals surface area (Å²) in [5.41, 5.74) is 0.547. The zero-order valence-electron chi connectivity index (χ0n) is 8.89. The van der Waals surface area contributed by atoms with E-state index in [1.807, 2.05) is 0 Å². The molecule has 1 aromatic rings. The molecule has 0 aliphatic carbocycles. The monoisotopic (exact) mass is 225 g/mol. The van der Waals surface area contributed by atoms with Gasteiger partial charge >= 0.3 is 0 Å². The average molecular weight is 225 g/mol. The Morgan fingerprint density at radius 2 is 2.06 bits per heavy atom. The first-order valence-corrected chi connectivity index (χ1v) is 4.53. The molecule has 0 spiro atoms. The average Bonchev–Trinajstić information content (AvgIpc) is 2.77. The van der Waals surface area contributed by atoms with Crippen molar-refractivity contribution in [3.63, 3.8) is 0 Å². The Bertz CT molecular complexity index is 430. The maximum Gasteiger partial charge on any atom is 0.231 e. The minimum absolute atomic E-state index is 0.113. The van der Waals surface area contributed by atoms with Gasteiger partial charge in [-0.15, -0.1) is 0 Å². The third-order valence-corrected chi connectivity index (χ3v) is 2.21. The van der Waals surface area contributed by atoms with Crippen LogP contribution in [0.4, 0.5) is 0 Å². The Labute approximate surface area is 92.0 Å². The summed E-state index contributed by atoms with van der Waals surface area (Å²) in [4.78, 5) is 0. The van der Waals surface area contributed by atoms with Crippen LogP contribution in [0, 0.1) is 0 Å². The van der Waals surface area contributed by atoms with Gasteiger partial charge in [-0.1, -0.05) is 5.16 Å². The van der Waals surface area contributed by atoms with Gasteiger partial charge in [0.2, 0.25) is 18.3 Å². The van der Waals surface area contributed by atoms with E-state index in [1.54, 1.807) is 6.07 Å². The lowest BCUT2D eigenvalue weighted by Crippen LogP contribution is -1.95. The van der Waals surface area contributed by atoms with Crippen LogP contribution in [-0.2, 0) is 0 Å². The Hall–Kier alpha value is -2.11. The van der Waals surface area contributed by atoms with Crippen molar-refractivity contribution < 1.29 is 24.2 Å². The minimum Gasteiger partial charge on any atom is -0.493 e. The number of benzene rings is 1. The molecule has 0 radical (unpaired) electrons. The lowest BCUT2D eigenvalue weighted by atomic mass is 10.1. The molecule has 0 saturated carbocycles. The number of methoxy groups -OCH3 is 2. The van der Waals surface area contributed by atoms with E-state index < -0.39 is 0 Å². The molecule has 1 heterocycles. The SMILES string of the molecule is COc1cc(C=NO)c(OC)c2c1OCO2. The van der Waals surface area contributed by atoms with Crippen LogP contribution in [0.1, 0.15) is 5.56 Å². The maximum absolute atomic E-state index is 8.55. The van der Waals surface area contributed by atoms with Crippen molar-refractivity contribution in [2.24, 2.45) is 5.16 Å². The van der Waals surface area contributed by atoms with E-state index in [2.05, 4.69) is 5.16 Å². The first kappa shape index (κ1) is 10.4. The van der Waals surface area contributed by atoms with Crippen molar-refractivity contribution in [3.8, 4) is 23.0 Å². The fourth-order valence-electron chi connectivity index (χ4n) is 1.55. The van der Waals surface area contributed by atoms with Crippen molar-refractivity contribution in [2.45, 2.75) is 0 Å². The highest BCUT2D eigenvalue weighted by molar-refractivity contribution is 5.87. The summed E-state index contributed by atoms with van der Waals surface area (Å²) < 4.78 is 20.9. The maximum atomic E-state index is 8.55. The Balaban J connectivity index is 2.62. The number of rotatable bonds is 3. The van der Waals surface area contributed by atoms with Crippen LogP contribution in [0.5, 0.6) is 23.0 Å². The second-order valence-electron chi connectivity index (χ2n) is 3.01. The predicted octanol–water partition coefficient (Wildman–Crippen LogP) is 1.24. The molecule has 86 valence electrons. The van der Waals surface area contributed by atoms with Crippen molar-refractivity contribution in [1.29, 1.82) is 0 Å². The van der Waals surface area contributed by atoms with E-state index in [1.165, 1.54) is 20.4 Å². The highest BCUT2D eigenvalue weighted by Gasteiger charge is 2.26. The molecule has 0 saturated heterocycles. The molecule has 1 aliphatic rings. The van der Waals surface area contributed by atoms with Gasteiger partial charge in [-0.3, -0.25) is 0 Å². The molecule has 0 fully saturated rings. The number of oxime groups is 1. The van der Waals surface area contributed by atoms with Crippen molar-refractivity contribution in [3.05, 3.63) is 11.6 Å². The summed E-state index contributed by atoms with van der Waals surface area (Å²) in [7, 11) is 3.02. The van der Waals surface area contributed by atoms with Crippen molar-refractivity contribution >= 4 is 6.21 Å². The van der Waals surface area contributed by atoms with Gasteiger partial charge in [0.15, 0.2) is 11.5 Å². The van der Waals surface area contributed by atoms with Gasteiger partial charge < -0.3 is 24.2 Å². The number of fused-ring (bicyclic) bond motifs is 1. The zero-order valence-corrected chi connectivity index (χ0v) is 8.89. The van der Waals surface area contributed by atoms with Gasteiger partial charge in [-0.25, -0.2) is 0 Å². The van der Waals surface area contributed by atoms with Crippen LogP contribution in [0.25, 0.3) is 0 Å². The van der Waals surface area contributed by atoms with Gasteiger partial charge in [-0.05, 0) is 6.07 Å². The molecule has 2 rings (SSSR count). The molecule has 0 amide bonds. The molecule has 16 heavy (non-hydrogen) atoms. The molecule has 1 N–H and O–H groups in total. The van der Waals surface area contributed by atoms with E-state index >= 15 is 0 Å².